The summed E-state index contributed by atoms with van der Waals surface area (Å²) in [6.07, 6.45) is 13.4. The topological polar surface area (TPSA) is 37.6 Å². The number of carbonyl (C=O) groups excluding carboxylic acids is 1. The fourth-order valence-electron chi connectivity index (χ4n) is 3.61. The van der Waals surface area contributed by atoms with E-state index in [1.807, 2.05) is 31.3 Å². The van der Waals surface area contributed by atoms with Gasteiger partial charge in [0, 0.05) is 30.3 Å². The van der Waals surface area contributed by atoms with Crippen molar-refractivity contribution in [1.82, 2.24) is 9.47 Å². The Kier molecular flexibility index (Phi) is 3.42. The number of Topliss-reactive ketones (excluding diaryl/α,β-unsaturated/α-hetero) is 1. The van der Waals surface area contributed by atoms with E-state index in [1.54, 1.807) is 0 Å². The van der Waals surface area contributed by atoms with E-state index in [0.717, 1.165) is 24.2 Å². The maximum Gasteiger partial charge on any atom is 0.154 e. The smallest absolute Gasteiger partial charge is 0.154 e. The van der Waals surface area contributed by atoms with Gasteiger partial charge >= 0.3 is 0 Å². The van der Waals surface area contributed by atoms with Crippen LogP contribution < -0.4 is 0 Å². The Bertz CT molecular complexity index is 790. The van der Waals surface area contributed by atoms with Crippen LogP contribution in [0.15, 0.2) is 41.2 Å². The molecule has 1 unspecified atom stereocenters. The first-order chi connectivity index (χ1) is 11.1. The number of allylic oxidation sites excluding steroid dienone is 6. The number of aliphatic imine (C=N–C) groups is 1. The quantitative estimate of drug-likeness (QED) is 0.861. The van der Waals surface area contributed by atoms with E-state index in [9.17, 15) is 4.79 Å². The molecule has 0 bridgehead atoms. The van der Waals surface area contributed by atoms with E-state index in [-0.39, 0.29) is 11.7 Å². The standard InChI is InChI=1S/C19H21N3O/c1-21(2)12-18(23)14-6-7-17-16(10-14)20-11-15-5-3-4-13-8-9-22(17)19(13)15/h5-9,11,14H,3-4,10,12H2,1-2H3. The van der Waals surface area contributed by atoms with Crippen molar-refractivity contribution in [3.63, 3.8) is 0 Å². The maximum atomic E-state index is 12.4. The molecule has 0 spiro atoms. The Morgan fingerprint density at radius 1 is 1.43 bits per heavy atom. The molecule has 1 atom stereocenters. The maximum absolute atomic E-state index is 12.4. The van der Waals surface area contributed by atoms with Crippen molar-refractivity contribution in [2.24, 2.45) is 10.9 Å². The van der Waals surface area contributed by atoms with Gasteiger partial charge in [-0.2, -0.15) is 0 Å². The van der Waals surface area contributed by atoms with Gasteiger partial charge < -0.3 is 9.47 Å². The second kappa shape index (κ2) is 5.46. The van der Waals surface area contributed by atoms with Gasteiger partial charge in [0.25, 0.3) is 0 Å². The molecule has 118 valence electrons. The highest BCUT2D eigenvalue weighted by atomic mass is 16.1. The lowest BCUT2D eigenvalue weighted by molar-refractivity contribution is -0.122. The van der Waals surface area contributed by atoms with Crippen molar-refractivity contribution in [3.05, 3.63) is 47.4 Å². The largest absolute Gasteiger partial charge is 0.314 e. The summed E-state index contributed by atoms with van der Waals surface area (Å²) in [5.41, 5.74) is 5.99. The zero-order valence-corrected chi connectivity index (χ0v) is 13.6. The molecule has 1 aromatic heterocycles. The summed E-state index contributed by atoms with van der Waals surface area (Å²) >= 11 is 0. The fourth-order valence-corrected chi connectivity index (χ4v) is 3.61. The van der Waals surface area contributed by atoms with E-state index in [4.69, 9.17) is 4.99 Å². The number of carbonyl (C=O) groups is 1. The Hall–Kier alpha value is -2.20. The first-order valence-electron chi connectivity index (χ1n) is 8.17. The van der Waals surface area contributed by atoms with Gasteiger partial charge in [0.15, 0.2) is 5.78 Å². The number of nitrogens with zero attached hydrogens (tertiary/aromatic N) is 3. The molecule has 23 heavy (non-hydrogen) atoms. The summed E-state index contributed by atoms with van der Waals surface area (Å²) in [4.78, 5) is 19.0. The number of aromatic nitrogens is 1. The second-order valence-electron chi connectivity index (χ2n) is 6.72. The third kappa shape index (κ3) is 2.43. The summed E-state index contributed by atoms with van der Waals surface area (Å²) in [5, 5.41) is 0. The van der Waals surface area contributed by atoms with Crippen LogP contribution in [0.5, 0.6) is 0 Å². The lowest BCUT2D eigenvalue weighted by Crippen LogP contribution is -2.28. The van der Waals surface area contributed by atoms with Gasteiger partial charge in [-0.25, -0.2) is 0 Å². The number of aryl methyl sites for hydroxylation is 1. The predicted octanol–water partition coefficient (Wildman–Crippen LogP) is 2.78. The van der Waals surface area contributed by atoms with Crippen LogP contribution in [0.25, 0.3) is 11.3 Å². The Morgan fingerprint density at radius 3 is 3.13 bits per heavy atom. The third-order valence-electron chi connectivity index (χ3n) is 4.72. The molecular weight excluding hydrogens is 286 g/mol. The van der Waals surface area contributed by atoms with Crippen molar-refractivity contribution in [2.75, 3.05) is 20.6 Å². The molecule has 1 aromatic rings. The molecule has 0 saturated heterocycles. The summed E-state index contributed by atoms with van der Waals surface area (Å²) in [5.74, 6) is 0.188. The van der Waals surface area contributed by atoms with Crippen LogP contribution in [0, 0.1) is 5.92 Å². The van der Waals surface area contributed by atoms with Crippen molar-refractivity contribution < 1.29 is 4.79 Å². The van der Waals surface area contributed by atoms with E-state index >= 15 is 0 Å². The average molecular weight is 307 g/mol. The zero-order chi connectivity index (χ0) is 16.0. The first-order valence-corrected chi connectivity index (χ1v) is 8.17. The van der Waals surface area contributed by atoms with E-state index < -0.39 is 0 Å². The second-order valence-corrected chi connectivity index (χ2v) is 6.72. The van der Waals surface area contributed by atoms with Crippen molar-refractivity contribution in [2.45, 2.75) is 19.3 Å². The Balaban J connectivity index is 1.70. The summed E-state index contributed by atoms with van der Waals surface area (Å²) in [7, 11) is 3.86. The molecule has 0 saturated carbocycles. The highest BCUT2D eigenvalue weighted by molar-refractivity contribution is 6.12. The van der Waals surface area contributed by atoms with Gasteiger partial charge in [0.2, 0.25) is 0 Å². The SMILES string of the molecule is CN(C)CC(=O)C1C=CC2=C(C1)N=CC1=CCCc3ccn2c31. The number of hydrogen-bond acceptors (Lipinski definition) is 3. The molecule has 3 aliphatic rings. The van der Waals surface area contributed by atoms with Crippen LogP contribution in [0.1, 0.15) is 24.1 Å². The highest BCUT2D eigenvalue weighted by Gasteiger charge is 2.27. The monoisotopic (exact) mass is 307 g/mol. The minimum absolute atomic E-state index is 0.0672. The van der Waals surface area contributed by atoms with Crippen LogP contribution >= 0.6 is 0 Å². The number of fused-ring (bicyclic) bond motifs is 1. The summed E-state index contributed by atoms with van der Waals surface area (Å²) in [6, 6.07) is 2.21. The number of hydrogen-bond donors (Lipinski definition) is 0. The lowest BCUT2D eigenvalue weighted by atomic mass is 9.92. The van der Waals surface area contributed by atoms with Gasteiger partial charge in [-0.15, -0.1) is 0 Å². The van der Waals surface area contributed by atoms with E-state index in [2.05, 4.69) is 29.0 Å². The van der Waals surface area contributed by atoms with Gasteiger partial charge in [-0.3, -0.25) is 9.79 Å². The molecule has 4 rings (SSSR count). The third-order valence-corrected chi connectivity index (χ3v) is 4.72. The molecule has 4 heteroatoms. The average Bonchev–Trinajstić information content (AvgIpc) is 2.89. The molecule has 0 amide bonds. The van der Waals surface area contributed by atoms with Gasteiger partial charge in [-0.1, -0.05) is 12.2 Å². The first kappa shape index (κ1) is 14.4. The minimum atomic E-state index is -0.0672. The fraction of sp³-hybridized carbons (Fsp3) is 0.368. The van der Waals surface area contributed by atoms with Gasteiger partial charge in [0.05, 0.1) is 23.6 Å². The number of ketones is 1. The lowest BCUT2D eigenvalue weighted by Gasteiger charge is -2.21. The molecule has 0 aromatic carbocycles. The van der Waals surface area contributed by atoms with E-state index in [0.29, 0.717) is 13.0 Å². The van der Waals surface area contributed by atoms with Gasteiger partial charge in [0.1, 0.15) is 0 Å². The molecule has 1 aliphatic heterocycles. The van der Waals surface area contributed by atoms with Crippen molar-refractivity contribution in [3.8, 4) is 0 Å². The highest BCUT2D eigenvalue weighted by Crippen LogP contribution is 2.36. The van der Waals surface area contributed by atoms with Crippen LogP contribution in [-0.4, -0.2) is 42.1 Å². The zero-order valence-electron chi connectivity index (χ0n) is 13.6. The van der Waals surface area contributed by atoms with Crippen LogP contribution in [0.4, 0.5) is 0 Å². The molecule has 0 N–H and O–H groups in total. The van der Waals surface area contributed by atoms with Crippen molar-refractivity contribution in [1.29, 1.82) is 0 Å². The van der Waals surface area contributed by atoms with E-state index in [1.165, 1.54) is 16.8 Å². The summed E-state index contributed by atoms with van der Waals surface area (Å²) in [6.45, 7) is 0.478. The molecule has 0 fully saturated rings. The van der Waals surface area contributed by atoms with Crippen molar-refractivity contribution >= 4 is 23.3 Å². The van der Waals surface area contributed by atoms with Crippen LogP contribution in [0.2, 0.25) is 0 Å². The normalized spacial score (nSPS) is 21.9. The Morgan fingerprint density at radius 2 is 2.30 bits per heavy atom. The minimum Gasteiger partial charge on any atom is -0.314 e. The van der Waals surface area contributed by atoms with Gasteiger partial charge in [-0.05, 0) is 44.6 Å². The Labute approximate surface area is 136 Å². The molecule has 2 aliphatic carbocycles. The number of likely N-dealkylation sites (N-methyl/N-ethyl adjacent to an activating group) is 1. The molecule has 0 radical (unpaired) electrons. The van der Waals surface area contributed by atoms with Crippen LogP contribution in [0.3, 0.4) is 0 Å². The predicted molar refractivity (Wildman–Crippen MR) is 93.2 cm³/mol. The number of rotatable bonds is 3. The molecule has 2 heterocycles. The molecular formula is C19H21N3O. The summed E-state index contributed by atoms with van der Waals surface area (Å²) < 4.78 is 2.24. The van der Waals surface area contributed by atoms with Crippen LogP contribution in [-0.2, 0) is 11.2 Å². The molecule has 4 nitrogen and oxygen atoms in total.